The number of carbonyl (C=O) groups excluding carboxylic acids is 1. The van der Waals surface area contributed by atoms with Gasteiger partial charge in [-0.15, -0.1) is 0 Å². The second-order valence-corrected chi connectivity index (χ2v) is 5.37. The number of halogens is 1. The zero-order valence-corrected chi connectivity index (χ0v) is 11.5. The average Bonchev–Trinajstić information content (AvgIpc) is 2.87. The fourth-order valence-electron chi connectivity index (χ4n) is 1.45. The summed E-state index contributed by atoms with van der Waals surface area (Å²) in [5.41, 5.74) is 0. The number of nitrogens with zero attached hydrogens (tertiary/aromatic N) is 4. The number of aromatic nitrogens is 4. The zero-order chi connectivity index (χ0) is 12.5. The van der Waals surface area contributed by atoms with Crippen LogP contribution < -0.4 is 5.32 Å². The van der Waals surface area contributed by atoms with Crippen LogP contribution in [0.15, 0.2) is 16.9 Å². The summed E-state index contributed by atoms with van der Waals surface area (Å²) in [6.45, 7) is 0.392. The van der Waals surface area contributed by atoms with Crippen LogP contribution in [0.1, 0.15) is 29.4 Å². The van der Waals surface area contributed by atoms with E-state index in [2.05, 4.69) is 43.1 Å². The molecule has 0 aromatic carbocycles. The van der Waals surface area contributed by atoms with Crippen molar-refractivity contribution in [1.82, 2.24) is 25.2 Å². The minimum Gasteiger partial charge on any atom is -0.345 e. The number of nitrogens with one attached hydrogen (secondary N) is 1. The number of carbonyl (C=O) groups is 1. The summed E-state index contributed by atoms with van der Waals surface area (Å²) in [5, 5.41) is 10.7. The topological polar surface area (TPSA) is 85.8 Å². The fraction of sp³-hybridized carbons (Fsp3) is 0.400. The van der Waals surface area contributed by atoms with Gasteiger partial charge >= 0.3 is 11.8 Å². The summed E-state index contributed by atoms with van der Waals surface area (Å²) in [4.78, 5) is 15.7. The molecular weight excluding hydrogens is 349 g/mol. The van der Waals surface area contributed by atoms with Crippen molar-refractivity contribution in [3.05, 3.63) is 27.7 Å². The molecule has 1 N–H and O–H groups in total. The van der Waals surface area contributed by atoms with E-state index in [0.717, 1.165) is 16.4 Å². The van der Waals surface area contributed by atoms with E-state index in [-0.39, 0.29) is 17.8 Å². The summed E-state index contributed by atoms with van der Waals surface area (Å²) < 4.78 is 7.64. The first kappa shape index (κ1) is 11.6. The molecule has 1 fully saturated rings. The number of hydrogen-bond acceptors (Lipinski definition) is 5. The molecule has 7 nitrogen and oxygen atoms in total. The van der Waals surface area contributed by atoms with Gasteiger partial charge in [-0.25, -0.2) is 0 Å². The van der Waals surface area contributed by atoms with Crippen LogP contribution in [0.5, 0.6) is 0 Å². The molecule has 0 radical (unpaired) electrons. The lowest BCUT2D eigenvalue weighted by Gasteiger charge is -1.96. The Morgan fingerprint density at radius 3 is 3.11 bits per heavy atom. The molecule has 2 aromatic heterocycles. The molecule has 1 aliphatic carbocycles. The van der Waals surface area contributed by atoms with Gasteiger partial charge in [0, 0.05) is 12.2 Å². The van der Waals surface area contributed by atoms with E-state index >= 15 is 0 Å². The van der Waals surface area contributed by atoms with Gasteiger partial charge in [0.05, 0.1) is 9.77 Å². The van der Waals surface area contributed by atoms with Gasteiger partial charge in [-0.2, -0.15) is 10.1 Å². The molecule has 0 spiro atoms. The highest BCUT2D eigenvalue weighted by atomic mass is 127. The van der Waals surface area contributed by atoms with E-state index in [1.54, 1.807) is 10.9 Å². The molecule has 2 aromatic rings. The van der Waals surface area contributed by atoms with Gasteiger partial charge in [0.15, 0.2) is 5.82 Å². The Balaban J connectivity index is 1.66. The molecule has 1 aliphatic rings. The highest BCUT2D eigenvalue weighted by molar-refractivity contribution is 14.1. The summed E-state index contributed by atoms with van der Waals surface area (Å²) in [7, 11) is 0. The molecule has 3 rings (SSSR count). The van der Waals surface area contributed by atoms with Gasteiger partial charge in [-0.3, -0.25) is 9.48 Å². The third kappa shape index (κ3) is 2.68. The van der Waals surface area contributed by atoms with Crippen LogP contribution in [-0.2, 0) is 6.54 Å². The highest BCUT2D eigenvalue weighted by Gasteiger charge is 2.26. The molecule has 94 valence electrons. The molecule has 0 unspecified atom stereocenters. The van der Waals surface area contributed by atoms with Crippen LogP contribution >= 0.6 is 22.6 Å². The second kappa shape index (κ2) is 4.67. The van der Waals surface area contributed by atoms with Crippen LogP contribution in [0.3, 0.4) is 0 Å². The predicted molar refractivity (Wildman–Crippen MR) is 68.8 cm³/mol. The van der Waals surface area contributed by atoms with Gasteiger partial charge in [0.2, 0.25) is 0 Å². The zero-order valence-electron chi connectivity index (χ0n) is 9.34. The first-order valence-electron chi connectivity index (χ1n) is 5.52. The Labute approximate surface area is 116 Å². The standard InChI is InChI=1S/C10H10IN5O2/c11-6-3-12-16(4-6)5-8-14-10(18-15-8)9(17)13-7-1-2-7/h3-4,7H,1-2,5H2,(H,13,17). The third-order valence-corrected chi connectivity index (χ3v) is 3.04. The van der Waals surface area contributed by atoms with E-state index in [9.17, 15) is 4.79 Å². The summed E-state index contributed by atoms with van der Waals surface area (Å²) in [5.74, 6) is 0.153. The lowest BCUT2D eigenvalue weighted by Crippen LogP contribution is -2.25. The Kier molecular flexibility index (Phi) is 3.02. The SMILES string of the molecule is O=C(NC1CC1)c1nc(Cn2cc(I)cn2)no1. The Morgan fingerprint density at radius 1 is 1.61 bits per heavy atom. The number of rotatable bonds is 4. The minimum absolute atomic E-state index is 0.0127. The van der Waals surface area contributed by atoms with Crippen molar-refractivity contribution in [3.63, 3.8) is 0 Å². The van der Waals surface area contributed by atoms with E-state index in [1.165, 1.54) is 0 Å². The third-order valence-electron chi connectivity index (χ3n) is 2.48. The monoisotopic (exact) mass is 359 g/mol. The molecule has 1 saturated carbocycles. The molecule has 8 heteroatoms. The molecule has 0 aliphatic heterocycles. The van der Waals surface area contributed by atoms with Crippen LogP contribution in [0.25, 0.3) is 0 Å². The predicted octanol–water partition coefficient (Wildman–Crippen LogP) is 0.811. The molecule has 0 saturated heterocycles. The van der Waals surface area contributed by atoms with Gasteiger partial charge in [-0.1, -0.05) is 5.16 Å². The van der Waals surface area contributed by atoms with Crippen molar-refractivity contribution in [2.75, 3.05) is 0 Å². The molecule has 1 amide bonds. The molecule has 2 heterocycles. The van der Waals surface area contributed by atoms with Crippen LogP contribution in [0.2, 0.25) is 0 Å². The van der Waals surface area contributed by atoms with E-state index in [4.69, 9.17) is 4.52 Å². The molecule has 18 heavy (non-hydrogen) atoms. The van der Waals surface area contributed by atoms with Crippen molar-refractivity contribution in [3.8, 4) is 0 Å². The van der Waals surface area contributed by atoms with Crippen LogP contribution in [0, 0.1) is 3.57 Å². The minimum atomic E-state index is -0.300. The number of amides is 1. The van der Waals surface area contributed by atoms with Crippen molar-refractivity contribution in [2.24, 2.45) is 0 Å². The number of hydrogen-bond donors (Lipinski definition) is 1. The Bertz CT molecular complexity index is 574. The van der Waals surface area contributed by atoms with E-state index in [0.29, 0.717) is 12.4 Å². The van der Waals surface area contributed by atoms with Crippen molar-refractivity contribution < 1.29 is 9.32 Å². The second-order valence-electron chi connectivity index (χ2n) is 4.12. The van der Waals surface area contributed by atoms with Crippen molar-refractivity contribution in [2.45, 2.75) is 25.4 Å². The van der Waals surface area contributed by atoms with E-state index in [1.807, 2.05) is 6.20 Å². The quantitative estimate of drug-likeness (QED) is 0.817. The highest BCUT2D eigenvalue weighted by Crippen LogP contribution is 2.19. The Hall–Kier alpha value is -1.45. The van der Waals surface area contributed by atoms with Crippen LogP contribution in [0.4, 0.5) is 0 Å². The van der Waals surface area contributed by atoms with Gasteiger partial charge in [-0.05, 0) is 35.4 Å². The molecular formula is C10H10IN5O2. The van der Waals surface area contributed by atoms with Crippen molar-refractivity contribution >= 4 is 28.5 Å². The maximum Gasteiger partial charge on any atom is 0.316 e. The first-order valence-corrected chi connectivity index (χ1v) is 6.60. The van der Waals surface area contributed by atoms with E-state index < -0.39 is 0 Å². The summed E-state index contributed by atoms with van der Waals surface area (Å²) in [6, 6.07) is 0.278. The largest absolute Gasteiger partial charge is 0.345 e. The normalized spacial score (nSPS) is 14.7. The fourth-order valence-corrected chi connectivity index (χ4v) is 1.90. The summed E-state index contributed by atoms with van der Waals surface area (Å²) >= 11 is 2.17. The Morgan fingerprint density at radius 2 is 2.44 bits per heavy atom. The summed E-state index contributed by atoms with van der Waals surface area (Å²) in [6.07, 6.45) is 5.65. The van der Waals surface area contributed by atoms with Gasteiger partial charge < -0.3 is 9.84 Å². The van der Waals surface area contributed by atoms with Gasteiger partial charge in [0.1, 0.15) is 6.54 Å². The average molecular weight is 359 g/mol. The first-order chi connectivity index (χ1) is 8.70. The maximum atomic E-state index is 11.6. The van der Waals surface area contributed by atoms with Crippen LogP contribution in [-0.4, -0.2) is 31.9 Å². The van der Waals surface area contributed by atoms with Gasteiger partial charge in [0.25, 0.3) is 0 Å². The lowest BCUT2D eigenvalue weighted by atomic mass is 10.5. The molecule has 0 atom stereocenters. The van der Waals surface area contributed by atoms with Crippen molar-refractivity contribution in [1.29, 1.82) is 0 Å². The maximum absolute atomic E-state index is 11.6. The smallest absolute Gasteiger partial charge is 0.316 e. The molecule has 0 bridgehead atoms. The lowest BCUT2D eigenvalue weighted by molar-refractivity contribution is 0.0907.